The molecule has 0 spiro atoms. The predicted octanol–water partition coefficient (Wildman–Crippen LogP) is 18.8. The number of pyridine rings is 2. The maximum absolute atomic E-state index is 9.67. The number of rotatable bonds is 8. The smallest absolute Gasteiger partial charge is 0.145 e. The second-order valence-electron chi connectivity index (χ2n) is 20.6. The lowest BCUT2D eigenvalue weighted by molar-refractivity contribution is 0.0398. The third-order valence-electron chi connectivity index (χ3n) is 15.4. The standard InChI is InChI=1S/C66H62N2O2/c1-39-28-60(67-37-42(39)4)51-30-56(45-16-12-11-13-17-45)44(6)62(32-51)69-52-33-58-57-29-46-18-14-15-19-47(46)31-63(57)70-64(58)59(34-52)61-35-55(43(5)38-68-61)54-23-21-49(27-41(54)3)53-22-20-48(26-40(53)2)50-24-25-65(7,8)66(9,10)36-50/h11-23,26-35,37-38,50H,24-25,36H2,1-10H3/i1D3,4D3,6D3,50D. The Morgan fingerprint density at radius 1 is 0.557 bits per heavy atom. The van der Waals surface area contributed by atoms with Crippen LogP contribution in [0.2, 0.25) is 0 Å². The van der Waals surface area contributed by atoms with Crippen molar-refractivity contribution in [3.05, 3.63) is 191 Å². The van der Waals surface area contributed by atoms with E-state index in [1.165, 1.54) is 12.1 Å². The van der Waals surface area contributed by atoms with Crippen LogP contribution in [0.15, 0.2) is 156 Å². The van der Waals surface area contributed by atoms with E-state index in [2.05, 4.69) is 95.1 Å². The lowest BCUT2D eigenvalue weighted by Crippen LogP contribution is -2.38. The van der Waals surface area contributed by atoms with Crippen molar-refractivity contribution in [1.82, 2.24) is 9.97 Å². The number of nitrogens with zero attached hydrogens (tertiary/aromatic N) is 2. The van der Waals surface area contributed by atoms with Crippen LogP contribution in [0.5, 0.6) is 11.5 Å². The molecule has 0 radical (unpaired) electrons. The van der Waals surface area contributed by atoms with Gasteiger partial charge in [0.15, 0.2) is 0 Å². The summed E-state index contributed by atoms with van der Waals surface area (Å²) in [5, 5.41) is 3.50. The fourth-order valence-corrected chi connectivity index (χ4v) is 10.4. The largest absolute Gasteiger partial charge is 0.457 e. The molecule has 70 heavy (non-hydrogen) atoms. The molecule has 1 aliphatic carbocycles. The highest BCUT2D eigenvalue weighted by molar-refractivity contribution is 6.13. The van der Waals surface area contributed by atoms with E-state index in [1.54, 1.807) is 36.4 Å². The van der Waals surface area contributed by atoms with E-state index in [4.69, 9.17) is 26.5 Å². The molecule has 0 amide bonds. The Bertz CT molecular complexity index is 4100. The van der Waals surface area contributed by atoms with E-state index in [0.717, 1.165) is 86.1 Å². The molecule has 1 aliphatic rings. The van der Waals surface area contributed by atoms with E-state index < -0.39 is 32.0 Å². The molecule has 3 aromatic heterocycles. The van der Waals surface area contributed by atoms with Crippen LogP contribution in [-0.4, -0.2) is 9.97 Å². The zero-order valence-electron chi connectivity index (χ0n) is 50.8. The van der Waals surface area contributed by atoms with Crippen LogP contribution in [0.3, 0.4) is 0 Å². The normalized spacial score (nSPS) is 19.2. The summed E-state index contributed by atoms with van der Waals surface area (Å²) in [7, 11) is 0. The molecule has 4 nitrogen and oxygen atoms in total. The summed E-state index contributed by atoms with van der Waals surface area (Å²) in [5.41, 5.74) is 11.4. The van der Waals surface area contributed by atoms with Gasteiger partial charge in [-0.05, 0) is 209 Å². The molecule has 0 N–H and O–H groups in total. The second-order valence-corrected chi connectivity index (χ2v) is 20.6. The molecule has 1 fully saturated rings. The van der Waals surface area contributed by atoms with Gasteiger partial charge in [-0.15, -0.1) is 0 Å². The molecule has 1 atom stereocenters. The van der Waals surface area contributed by atoms with Crippen molar-refractivity contribution in [1.29, 1.82) is 0 Å². The van der Waals surface area contributed by atoms with Crippen molar-refractivity contribution in [2.45, 2.75) is 94.2 Å². The Morgan fingerprint density at radius 2 is 1.30 bits per heavy atom. The van der Waals surface area contributed by atoms with Crippen LogP contribution >= 0.6 is 0 Å². The van der Waals surface area contributed by atoms with Crippen molar-refractivity contribution in [3.8, 4) is 67.4 Å². The number of ether oxygens (including phenoxy) is 1. The van der Waals surface area contributed by atoms with Crippen molar-refractivity contribution < 1.29 is 22.9 Å². The Labute approximate surface area is 427 Å². The maximum atomic E-state index is 9.67. The number of furan rings is 1. The molecule has 11 rings (SSSR count). The fraction of sp³-hybridized carbons (Fsp3) is 0.242. The van der Waals surface area contributed by atoms with Gasteiger partial charge in [0.1, 0.15) is 22.7 Å². The molecule has 7 aromatic carbocycles. The van der Waals surface area contributed by atoms with Crippen molar-refractivity contribution >= 4 is 32.7 Å². The lowest BCUT2D eigenvalue weighted by Gasteiger charge is -2.49. The number of aromatic nitrogens is 2. The number of hydrogen-bond donors (Lipinski definition) is 0. The van der Waals surface area contributed by atoms with Crippen LogP contribution in [0.1, 0.15) is 106 Å². The van der Waals surface area contributed by atoms with E-state index >= 15 is 0 Å². The van der Waals surface area contributed by atoms with Crippen LogP contribution < -0.4 is 4.74 Å². The van der Waals surface area contributed by atoms with Gasteiger partial charge in [-0.2, -0.15) is 0 Å². The molecular weight excluding hydrogens is 853 g/mol. The Balaban J connectivity index is 1.05. The Morgan fingerprint density at radius 3 is 2.06 bits per heavy atom. The Hall–Kier alpha value is -7.30. The highest BCUT2D eigenvalue weighted by Crippen LogP contribution is 2.54. The fourth-order valence-electron chi connectivity index (χ4n) is 10.4. The molecule has 0 bridgehead atoms. The monoisotopic (exact) mass is 925 g/mol. The van der Waals surface area contributed by atoms with Crippen molar-refractivity contribution in [2.75, 3.05) is 0 Å². The first-order valence-corrected chi connectivity index (χ1v) is 24.1. The molecule has 10 aromatic rings. The second kappa shape index (κ2) is 17.3. The zero-order valence-corrected chi connectivity index (χ0v) is 40.8. The van der Waals surface area contributed by atoms with Crippen molar-refractivity contribution in [3.63, 3.8) is 0 Å². The average molecular weight is 925 g/mol. The van der Waals surface area contributed by atoms with Gasteiger partial charge in [-0.3, -0.25) is 9.97 Å². The number of hydrogen-bond acceptors (Lipinski definition) is 4. The number of aryl methyl sites for hydroxylation is 5. The van der Waals surface area contributed by atoms with Crippen LogP contribution in [0.4, 0.5) is 0 Å². The van der Waals surface area contributed by atoms with Gasteiger partial charge in [-0.25, -0.2) is 0 Å². The third-order valence-corrected chi connectivity index (χ3v) is 15.4. The quantitative estimate of drug-likeness (QED) is 0.152. The van der Waals surface area contributed by atoms with Crippen molar-refractivity contribution in [2.24, 2.45) is 10.8 Å². The van der Waals surface area contributed by atoms with E-state index in [0.29, 0.717) is 44.5 Å². The maximum Gasteiger partial charge on any atom is 0.145 e. The van der Waals surface area contributed by atoms with Gasteiger partial charge in [0.05, 0.1) is 11.4 Å². The summed E-state index contributed by atoms with van der Waals surface area (Å²) < 4.78 is 99.6. The highest BCUT2D eigenvalue weighted by Gasteiger charge is 2.42. The number of fused-ring (bicyclic) bond motifs is 4. The predicted molar refractivity (Wildman–Crippen MR) is 293 cm³/mol. The topological polar surface area (TPSA) is 48.2 Å². The van der Waals surface area contributed by atoms with Gasteiger partial charge in [0.2, 0.25) is 0 Å². The van der Waals surface area contributed by atoms with Crippen LogP contribution in [0, 0.1) is 52.2 Å². The average Bonchev–Trinajstić information content (AvgIpc) is 3.75. The SMILES string of the molecule is [2H]C([2H])([2H])c1cnc(-c2cc(Oc3cc(-c4cc(-c5ccc(-c6ccc(C7([2H])CCC(C)(C)C(C)(C)C7)cc6C)cc5C)c(C)cn4)c4oc5cc6ccccc6cc5c4c3)c(C([2H])([2H])[2H])c(-c3ccccc3)c2)cc1C([2H])([2H])[2H]. The first-order valence-electron chi connectivity index (χ1n) is 29.1. The molecule has 1 saturated carbocycles. The molecule has 0 saturated heterocycles. The molecule has 1 unspecified atom stereocenters. The Kier molecular flexibility index (Phi) is 8.62. The molecule has 348 valence electrons. The molecule has 3 heterocycles. The summed E-state index contributed by atoms with van der Waals surface area (Å²) in [4.78, 5) is 9.51. The lowest BCUT2D eigenvalue weighted by atomic mass is 9.56. The number of benzene rings is 7. The van der Waals surface area contributed by atoms with E-state index in [1.807, 2.05) is 55.6 Å². The first kappa shape index (κ1) is 34.9. The minimum absolute atomic E-state index is 0.0319. The molecular formula is C66H62N2O2. The summed E-state index contributed by atoms with van der Waals surface area (Å²) in [6.07, 6.45) is 5.55. The minimum atomic E-state index is -2.80. The summed E-state index contributed by atoms with van der Waals surface area (Å²) in [6, 6.07) is 44.2. The summed E-state index contributed by atoms with van der Waals surface area (Å²) in [5.74, 6) is -0.409. The van der Waals surface area contributed by atoms with E-state index in [-0.39, 0.29) is 39.1 Å². The van der Waals surface area contributed by atoms with Gasteiger partial charge >= 0.3 is 0 Å². The van der Waals surface area contributed by atoms with Gasteiger partial charge < -0.3 is 9.15 Å². The van der Waals surface area contributed by atoms with Crippen LogP contribution in [-0.2, 0) is 0 Å². The van der Waals surface area contributed by atoms with Gasteiger partial charge in [0, 0.05) is 48.0 Å². The van der Waals surface area contributed by atoms with Gasteiger partial charge in [-0.1, -0.05) is 119 Å². The zero-order chi connectivity index (χ0) is 57.1. The van der Waals surface area contributed by atoms with E-state index in [9.17, 15) is 1.37 Å². The summed E-state index contributed by atoms with van der Waals surface area (Å²) >= 11 is 0. The first-order chi connectivity index (χ1) is 37.6. The summed E-state index contributed by atoms with van der Waals surface area (Å²) in [6.45, 7) is 7.28. The van der Waals surface area contributed by atoms with Crippen LogP contribution in [0.25, 0.3) is 88.6 Å². The minimum Gasteiger partial charge on any atom is -0.457 e. The highest BCUT2D eigenvalue weighted by atomic mass is 16.5. The third kappa shape index (κ3) is 8.07. The molecule has 0 aliphatic heterocycles. The van der Waals surface area contributed by atoms with Gasteiger partial charge in [0.25, 0.3) is 0 Å². The molecule has 4 heteroatoms.